The van der Waals surface area contributed by atoms with Gasteiger partial charge in [-0.05, 0) is 68.2 Å². The van der Waals surface area contributed by atoms with E-state index in [4.69, 9.17) is 21.4 Å². The number of carboxylic acids is 1. The van der Waals surface area contributed by atoms with E-state index in [-0.39, 0.29) is 12.3 Å². The number of aliphatic carboxylic acids is 1. The molecule has 0 aliphatic heterocycles. The summed E-state index contributed by atoms with van der Waals surface area (Å²) >= 11 is 6.22. The van der Waals surface area contributed by atoms with Crippen LogP contribution in [0.3, 0.4) is 0 Å². The Hall–Kier alpha value is -3.64. The number of hydrogen-bond acceptors (Lipinski definition) is 4. The van der Waals surface area contributed by atoms with Crippen molar-refractivity contribution >= 4 is 34.7 Å². The number of anilines is 1. The third-order valence-electron chi connectivity index (χ3n) is 5.48. The number of allylic oxidation sites excluding steroid dienone is 1. The summed E-state index contributed by atoms with van der Waals surface area (Å²) in [6.45, 7) is 3.42. The molecule has 0 saturated heterocycles. The first-order valence-corrected chi connectivity index (χ1v) is 11.7. The van der Waals surface area contributed by atoms with Crippen LogP contribution in [0.1, 0.15) is 44.2 Å². The average molecular weight is 493 g/mol. The minimum atomic E-state index is -1.16. The molecule has 1 heterocycles. The van der Waals surface area contributed by atoms with E-state index in [1.54, 1.807) is 62.5 Å². The topological polar surface area (TPSA) is 79.7 Å². The molecule has 7 heteroatoms. The molecular formula is C28H29ClN2O4. The van der Waals surface area contributed by atoms with E-state index in [9.17, 15) is 9.59 Å². The third kappa shape index (κ3) is 6.93. The summed E-state index contributed by atoms with van der Waals surface area (Å²) in [5, 5.41) is 9.39. The number of amides is 1. The second-order valence-electron chi connectivity index (χ2n) is 8.60. The standard InChI is InChI=1S/C28H29ClN2O4/c1-28(2,35-25-15-6-5-14-24(25)29)27(34)31(3)22-12-8-10-20(18-22)23(13-4-7-16-26(32)33)21-11-9-17-30-19-21/h5-6,8-15,17-19H,4,7,16H2,1-3H3,(H,32,33). The zero-order chi connectivity index (χ0) is 25.4. The van der Waals surface area contributed by atoms with Gasteiger partial charge < -0.3 is 14.7 Å². The Morgan fingerprint density at radius 1 is 1.09 bits per heavy atom. The summed E-state index contributed by atoms with van der Waals surface area (Å²) in [4.78, 5) is 30.1. The van der Waals surface area contributed by atoms with Crippen molar-refractivity contribution in [1.82, 2.24) is 4.98 Å². The summed E-state index contributed by atoms with van der Waals surface area (Å²) in [5.41, 5.74) is 2.28. The molecule has 0 atom stereocenters. The Kier molecular flexibility index (Phi) is 8.66. The van der Waals surface area contributed by atoms with Crippen LogP contribution in [0.15, 0.2) is 79.1 Å². The number of hydrogen-bond donors (Lipinski definition) is 1. The molecular weight excluding hydrogens is 464 g/mol. The quantitative estimate of drug-likeness (QED) is 0.339. The monoisotopic (exact) mass is 492 g/mol. The van der Waals surface area contributed by atoms with E-state index in [1.807, 2.05) is 42.5 Å². The fourth-order valence-corrected chi connectivity index (χ4v) is 3.85. The average Bonchev–Trinajstić information content (AvgIpc) is 2.85. The number of unbranched alkanes of at least 4 members (excludes halogenated alkanes) is 1. The zero-order valence-electron chi connectivity index (χ0n) is 20.1. The first-order chi connectivity index (χ1) is 16.7. The minimum Gasteiger partial charge on any atom is -0.481 e. The van der Waals surface area contributed by atoms with Gasteiger partial charge in [0.1, 0.15) is 5.75 Å². The van der Waals surface area contributed by atoms with Gasteiger partial charge in [0.05, 0.1) is 5.02 Å². The van der Waals surface area contributed by atoms with Crippen LogP contribution in [-0.2, 0) is 9.59 Å². The van der Waals surface area contributed by atoms with Gasteiger partial charge in [-0.15, -0.1) is 0 Å². The largest absolute Gasteiger partial charge is 0.481 e. The Bertz CT molecular complexity index is 1210. The molecule has 0 aliphatic rings. The van der Waals surface area contributed by atoms with Gasteiger partial charge in [0, 0.05) is 37.1 Å². The van der Waals surface area contributed by atoms with E-state index in [0.717, 1.165) is 16.7 Å². The molecule has 3 aromatic rings. The zero-order valence-corrected chi connectivity index (χ0v) is 20.8. The first-order valence-electron chi connectivity index (χ1n) is 11.3. The van der Waals surface area contributed by atoms with Crippen LogP contribution < -0.4 is 9.64 Å². The van der Waals surface area contributed by atoms with Crippen LogP contribution in [0, 0.1) is 0 Å². The Morgan fingerprint density at radius 3 is 2.51 bits per heavy atom. The van der Waals surface area contributed by atoms with Crippen LogP contribution >= 0.6 is 11.6 Å². The van der Waals surface area contributed by atoms with Gasteiger partial charge in [0.25, 0.3) is 5.91 Å². The molecule has 1 N–H and O–H groups in total. The van der Waals surface area contributed by atoms with E-state index in [0.29, 0.717) is 29.3 Å². The molecule has 0 saturated carbocycles. The highest BCUT2D eigenvalue weighted by Crippen LogP contribution is 2.31. The van der Waals surface area contributed by atoms with E-state index in [1.165, 1.54) is 0 Å². The first kappa shape index (κ1) is 26.0. The Balaban J connectivity index is 1.87. The molecule has 0 unspecified atom stereocenters. The van der Waals surface area contributed by atoms with Gasteiger partial charge in [-0.25, -0.2) is 0 Å². The van der Waals surface area contributed by atoms with Crippen molar-refractivity contribution < 1.29 is 19.4 Å². The van der Waals surface area contributed by atoms with Gasteiger partial charge >= 0.3 is 5.97 Å². The number of halogens is 1. The number of benzene rings is 2. The van der Waals surface area contributed by atoms with E-state index < -0.39 is 11.6 Å². The fourth-order valence-electron chi connectivity index (χ4n) is 3.67. The molecule has 1 aromatic heterocycles. The predicted molar refractivity (Wildman–Crippen MR) is 139 cm³/mol. The lowest BCUT2D eigenvalue weighted by molar-refractivity contribution is -0.137. The molecule has 0 fully saturated rings. The molecule has 0 radical (unpaired) electrons. The van der Waals surface area contributed by atoms with Crippen LogP contribution in [0.25, 0.3) is 5.57 Å². The third-order valence-corrected chi connectivity index (χ3v) is 5.79. The lowest BCUT2D eigenvalue weighted by Gasteiger charge is -2.30. The maximum absolute atomic E-state index is 13.4. The van der Waals surface area contributed by atoms with Gasteiger partial charge in [0.2, 0.25) is 0 Å². The summed E-state index contributed by atoms with van der Waals surface area (Å²) in [7, 11) is 1.71. The van der Waals surface area contributed by atoms with Gasteiger partial charge in [-0.2, -0.15) is 0 Å². The molecule has 0 spiro atoms. The number of carboxylic acid groups (broad SMARTS) is 1. The van der Waals surface area contributed by atoms with Gasteiger partial charge in [-0.3, -0.25) is 14.6 Å². The Morgan fingerprint density at radius 2 is 1.83 bits per heavy atom. The van der Waals surface area contributed by atoms with Crippen molar-refractivity contribution in [2.45, 2.75) is 38.7 Å². The predicted octanol–water partition coefficient (Wildman–Crippen LogP) is 6.24. The molecule has 2 aromatic carbocycles. The molecule has 6 nitrogen and oxygen atoms in total. The molecule has 182 valence electrons. The second-order valence-corrected chi connectivity index (χ2v) is 9.01. The maximum Gasteiger partial charge on any atom is 0.303 e. The van der Waals surface area contributed by atoms with Crippen molar-refractivity contribution in [2.75, 3.05) is 11.9 Å². The van der Waals surface area contributed by atoms with Crippen molar-refractivity contribution in [3.8, 4) is 5.75 Å². The van der Waals surface area contributed by atoms with Crippen LogP contribution in [-0.4, -0.2) is 34.6 Å². The highest BCUT2D eigenvalue weighted by Gasteiger charge is 2.34. The summed E-state index contributed by atoms with van der Waals surface area (Å²) in [6, 6.07) is 18.5. The van der Waals surface area contributed by atoms with Gasteiger partial charge in [-0.1, -0.05) is 48.0 Å². The Labute approximate surface area is 210 Å². The van der Waals surface area contributed by atoms with Crippen LogP contribution in [0.2, 0.25) is 5.02 Å². The number of ether oxygens (including phenoxy) is 1. The normalized spacial score (nSPS) is 11.7. The lowest BCUT2D eigenvalue weighted by Crippen LogP contribution is -2.47. The van der Waals surface area contributed by atoms with Crippen molar-refractivity contribution in [3.63, 3.8) is 0 Å². The highest BCUT2D eigenvalue weighted by atomic mass is 35.5. The molecule has 0 aliphatic carbocycles. The fraction of sp³-hybridized carbons (Fsp3) is 0.250. The van der Waals surface area contributed by atoms with Gasteiger partial charge in [0.15, 0.2) is 5.60 Å². The molecule has 0 bridgehead atoms. The molecule has 1 amide bonds. The van der Waals surface area contributed by atoms with Crippen LogP contribution in [0.5, 0.6) is 5.75 Å². The SMILES string of the molecule is CN(C(=O)C(C)(C)Oc1ccccc1Cl)c1cccc(C(=CCCCC(=O)O)c2cccnc2)c1. The smallest absolute Gasteiger partial charge is 0.303 e. The van der Waals surface area contributed by atoms with Crippen molar-refractivity contribution in [3.05, 3.63) is 95.3 Å². The molecule has 3 rings (SSSR count). The molecule has 35 heavy (non-hydrogen) atoms. The minimum absolute atomic E-state index is 0.106. The maximum atomic E-state index is 13.4. The number of rotatable bonds is 10. The van der Waals surface area contributed by atoms with Crippen LogP contribution in [0.4, 0.5) is 5.69 Å². The highest BCUT2D eigenvalue weighted by molar-refractivity contribution is 6.32. The number of likely N-dealkylation sites (N-methyl/N-ethyl adjacent to an activating group) is 1. The summed E-state index contributed by atoms with van der Waals surface area (Å²) < 4.78 is 5.98. The lowest BCUT2D eigenvalue weighted by atomic mass is 9.96. The number of nitrogens with zero attached hydrogens (tertiary/aromatic N) is 2. The number of pyridine rings is 1. The summed E-state index contributed by atoms with van der Waals surface area (Å²) in [6.07, 6.45) is 6.74. The summed E-state index contributed by atoms with van der Waals surface area (Å²) in [5.74, 6) is -0.606. The van der Waals surface area contributed by atoms with Crippen molar-refractivity contribution in [1.29, 1.82) is 0 Å². The number of para-hydroxylation sites is 1. The number of carbonyl (C=O) groups excluding carboxylic acids is 1. The number of carbonyl (C=O) groups is 2. The second kappa shape index (κ2) is 11.7. The van der Waals surface area contributed by atoms with E-state index in [2.05, 4.69) is 4.98 Å². The number of aromatic nitrogens is 1. The van der Waals surface area contributed by atoms with E-state index >= 15 is 0 Å². The van der Waals surface area contributed by atoms with Crippen molar-refractivity contribution in [2.24, 2.45) is 0 Å².